The Morgan fingerprint density at radius 1 is 1.13 bits per heavy atom. The van der Waals surface area contributed by atoms with Gasteiger partial charge in [-0.2, -0.15) is 0 Å². The summed E-state index contributed by atoms with van der Waals surface area (Å²) in [5.74, 6) is 1.93. The Bertz CT molecular complexity index is 487. The van der Waals surface area contributed by atoms with Gasteiger partial charge in [-0.1, -0.05) is 33.8 Å². The lowest BCUT2D eigenvalue weighted by Crippen LogP contribution is -2.15. The summed E-state index contributed by atoms with van der Waals surface area (Å²) < 4.78 is 10.3. The maximum Gasteiger partial charge on any atom is 0.344 e. The molecule has 0 saturated heterocycles. The third-order valence-electron chi connectivity index (χ3n) is 3.67. The van der Waals surface area contributed by atoms with E-state index in [2.05, 4.69) is 27.7 Å². The van der Waals surface area contributed by atoms with Crippen molar-refractivity contribution in [2.75, 3.05) is 18.9 Å². The standard InChI is InChI=1S/C19H31NO3/c1-6-22-19(21)12-23-16-7-8-17(18(20)11-16)15(9-13(2)3)10-14(4)5/h7-8,11,13-15H,6,9-10,12,20H2,1-5H3. The summed E-state index contributed by atoms with van der Waals surface area (Å²) in [6.07, 6.45) is 2.23. The summed E-state index contributed by atoms with van der Waals surface area (Å²) in [6.45, 7) is 11.0. The maximum absolute atomic E-state index is 11.3. The number of carbonyl (C=O) groups is 1. The fourth-order valence-electron chi connectivity index (χ4n) is 2.85. The van der Waals surface area contributed by atoms with Crippen LogP contribution < -0.4 is 10.5 Å². The summed E-state index contributed by atoms with van der Waals surface area (Å²) in [5, 5.41) is 0. The molecule has 1 aromatic rings. The molecule has 4 nitrogen and oxygen atoms in total. The van der Waals surface area contributed by atoms with Gasteiger partial charge in [-0.25, -0.2) is 4.79 Å². The molecule has 0 radical (unpaired) electrons. The molecule has 0 amide bonds. The number of carbonyl (C=O) groups excluding carboxylic acids is 1. The lowest BCUT2D eigenvalue weighted by Gasteiger charge is -2.23. The smallest absolute Gasteiger partial charge is 0.344 e. The number of rotatable bonds is 9. The van der Waals surface area contributed by atoms with Gasteiger partial charge in [0.05, 0.1) is 6.61 Å². The van der Waals surface area contributed by atoms with E-state index in [0.29, 0.717) is 30.1 Å². The molecular formula is C19H31NO3. The van der Waals surface area contributed by atoms with Crippen molar-refractivity contribution < 1.29 is 14.3 Å². The zero-order valence-corrected chi connectivity index (χ0v) is 15.1. The molecule has 0 fully saturated rings. The minimum atomic E-state index is -0.368. The zero-order valence-electron chi connectivity index (χ0n) is 15.1. The molecule has 0 spiro atoms. The number of esters is 1. The molecule has 0 aliphatic carbocycles. The number of nitrogen functional groups attached to an aromatic ring is 1. The molecule has 0 aromatic heterocycles. The Labute approximate surface area is 140 Å². The van der Waals surface area contributed by atoms with Crippen molar-refractivity contribution in [1.82, 2.24) is 0 Å². The topological polar surface area (TPSA) is 61.5 Å². The number of ether oxygens (including phenoxy) is 2. The molecule has 23 heavy (non-hydrogen) atoms. The van der Waals surface area contributed by atoms with E-state index >= 15 is 0 Å². The van der Waals surface area contributed by atoms with Crippen LogP contribution in [-0.2, 0) is 9.53 Å². The Balaban J connectivity index is 2.81. The van der Waals surface area contributed by atoms with Crippen LogP contribution in [0.2, 0.25) is 0 Å². The Hall–Kier alpha value is -1.71. The monoisotopic (exact) mass is 321 g/mol. The van der Waals surface area contributed by atoms with Crippen molar-refractivity contribution >= 4 is 11.7 Å². The van der Waals surface area contributed by atoms with Gasteiger partial charge in [-0.05, 0) is 49.1 Å². The van der Waals surface area contributed by atoms with Gasteiger partial charge in [0.15, 0.2) is 6.61 Å². The normalized spacial score (nSPS) is 11.3. The minimum absolute atomic E-state index is 0.0892. The summed E-state index contributed by atoms with van der Waals surface area (Å²) in [5.41, 5.74) is 8.15. The molecule has 0 atom stereocenters. The summed E-state index contributed by atoms with van der Waals surface area (Å²) in [4.78, 5) is 11.3. The molecule has 0 saturated carbocycles. The number of anilines is 1. The van der Waals surface area contributed by atoms with Crippen molar-refractivity contribution in [3.63, 3.8) is 0 Å². The van der Waals surface area contributed by atoms with Gasteiger partial charge in [0.2, 0.25) is 0 Å². The molecule has 1 aromatic carbocycles. The minimum Gasteiger partial charge on any atom is -0.482 e. The lowest BCUT2D eigenvalue weighted by molar-refractivity contribution is -0.145. The number of nitrogens with two attached hydrogens (primary N) is 1. The molecule has 130 valence electrons. The highest BCUT2D eigenvalue weighted by Gasteiger charge is 2.18. The van der Waals surface area contributed by atoms with Gasteiger partial charge in [-0.15, -0.1) is 0 Å². The molecule has 4 heteroatoms. The van der Waals surface area contributed by atoms with Crippen LogP contribution in [0.4, 0.5) is 5.69 Å². The van der Waals surface area contributed by atoms with E-state index in [1.165, 1.54) is 5.56 Å². The van der Waals surface area contributed by atoms with Gasteiger partial charge < -0.3 is 15.2 Å². The predicted octanol–water partition coefficient (Wildman–Crippen LogP) is 4.39. The van der Waals surface area contributed by atoms with Crippen LogP contribution in [0.15, 0.2) is 18.2 Å². The van der Waals surface area contributed by atoms with E-state index in [1.807, 2.05) is 18.2 Å². The third kappa shape index (κ3) is 6.93. The molecule has 2 N–H and O–H groups in total. The first-order valence-electron chi connectivity index (χ1n) is 8.51. The van der Waals surface area contributed by atoms with Gasteiger partial charge in [0.1, 0.15) is 5.75 Å². The maximum atomic E-state index is 11.3. The van der Waals surface area contributed by atoms with Gasteiger partial charge >= 0.3 is 5.97 Å². The zero-order chi connectivity index (χ0) is 17.4. The molecule has 1 rings (SSSR count). The average molecular weight is 321 g/mol. The Morgan fingerprint density at radius 2 is 1.74 bits per heavy atom. The first kappa shape index (κ1) is 19.3. The van der Waals surface area contributed by atoms with Crippen LogP contribution in [0.25, 0.3) is 0 Å². The van der Waals surface area contributed by atoms with Crippen LogP contribution in [0.1, 0.15) is 58.9 Å². The van der Waals surface area contributed by atoms with E-state index < -0.39 is 0 Å². The summed E-state index contributed by atoms with van der Waals surface area (Å²) in [6, 6.07) is 5.73. The fraction of sp³-hybridized carbons (Fsp3) is 0.632. The van der Waals surface area contributed by atoms with E-state index in [4.69, 9.17) is 15.2 Å². The molecule has 0 aliphatic rings. The first-order chi connectivity index (χ1) is 10.8. The van der Waals surface area contributed by atoms with Crippen molar-refractivity contribution in [3.05, 3.63) is 23.8 Å². The van der Waals surface area contributed by atoms with E-state index in [1.54, 1.807) is 6.92 Å². The van der Waals surface area contributed by atoms with Crippen molar-refractivity contribution in [2.24, 2.45) is 11.8 Å². The molecule has 0 heterocycles. The second-order valence-corrected chi connectivity index (χ2v) is 6.84. The van der Waals surface area contributed by atoms with Crippen LogP contribution >= 0.6 is 0 Å². The van der Waals surface area contributed by atoms with Crippen LogP contribution in [0, 0.1) is 11.8 Å². The van der Waals surface area contributed by atoms with E-state index in [-0.39, 0.29) is 12.6 Å². The summed E-state index contributed by atoms with van der Waals surface area (Å²) >= 11 is 0. The van der Waals surface area contributed by atoms with E-state index in [9.17, 15) is 4.79 Å². The largest absolute Gasteiger partial charge is 0.482 e. The van der Waals surface area contributed by atoms with Crippen LogP contribution in [-0.4, -0.2) is 19.2 Å². The number of benzene rings is 1. The fourth-order valence-corrected chi connectivity index (χ4v) is 2.85. The highest BCUT2D eigenvalue weighted by Crippen LogP contribution is 2.35. The molecule has 0 unspecified atom stereocenters. The van der Waals surface area contributed by atoms with Crippen LogP contribution in [0.5, 0.6) is 5.75 Å². The van der Waals surface area contributed by atoms with Gasteiger partial charge in [0, 0.05) is 11.8 Å². The average Bonchev–Trinajstić information content (AvgIpc) is 2.44. The first-order valence-corrected chi connectivity index (χ1v) is 8.51. The van der Waals surface area contributed by atoms with E-state index in [0.717, 1.165) is 18.5 Å². The summed E-state index contributed by atoms with van der Waals surface area (Å²) in [7, 11) is 0. The predicted molar refractivity (Wildman–Crippen MR) is 94.6 cm³/mol. The molecular weight excluding hydrogens is 290 g/mol. The van der Waals surface area contributed by atoms with Crippen molar-refractivity contribution in [3.8, 4) is 5.75 Å². The van der Waals surface area contributed by atoms with Crippen molar-refractivity contribution in [1.29, 1.82) is 0 Å². The third-order valence-corrected chi connectivity index (χ3v) is 3.67. The van der Waals surface area contributed by atoms with Gasteiger partial charge in [-0.3, -0.25) is 0 Å². The van der Waals surface area contributed by atoms with Crippen molar-refractivity contribution in [2.45, 2.75) is 53.4 Å². The number of hydrogen-bond acceptors (Lipinski definition) is 4. The lowest BCUT2D eigenvalue weighted by atomic mass is 9.83. The highest BCUT2D eigenvalue weighted by atomic mass is 16.6. The second-order valence-electron chi connectivity index (χ2n) is 6.84. The Morgan fingerprint density at radius 3 is 2.22 bits per heavy atom. The highest BCUT2D eigenvalue weighted by molar-refractivity contribution is 5.71. The SMILES string of the molecule is CCOC(=O)COc1ccc(C(CC(C)C)CC(C)C)c(N)c1. The van der Waals surface area contributed by atoms with Crippen LogP contribution in [0.3, 0.4) is 0 Å². The Kier molecular flexibility index (Phi) is 7.93. The molecule has 0 bridgehead atoms. The molecule has 0 aliphatic heterocycles. The second kappa shape index (κ2) is 9.43. The van der Waals surface area contributed by atoms with Gasteiger partial charge in [0.25, 0.3) is 0 Å². The number of hydrogen-bond donors (Lipinski definition) is 1. The quantitative estimate of drug-likeness (QED) is 0.541.